The maximum atomic E-state index is 13.8. The van der Waals surface area contributed by atoms with Crippen molar-refractivity contribution in [3.8, 4) is 0 Å². The van der Waals surface area contributed by atoms with Crippen LogP contribution in [-0.4, -0.2) is 30.4 Å². The predicted octanol–water partition coefficient (Wildman–Crippen LogP) is 2.89. The molecular formula is C13H12Cl2FN3O3S. The quantitative estimate of drug-likeness (QED) is 0.885. The van der Waals surface area contributed by atoms with E-state index >= 15 is 0 Å². The van der Waals surface area contributed by atoms with Gasteiger partial charge in [-0.05, 0) is 24.6 Å². The number of anilines is 1. The second kappa shape index (κ2) is 6.46. The van der Waals surface area contributed by atoms with Crippen LogP contribution >= 0.6 is 23.2 Å². The molecule has 0 aliphatic heterocycles. The minimum Gasteiger partial charge on any atom is -0.318 e. The lowest BCUT2D eigenvalue weighted by Crippen LogP contribution is -2.16. The first kappa shape index (κ1) is 17.7. The summed E-state index contributed by atoms with van der Waals surface area (Å²) in [5.41, 5.74) is 0.352. The molecule has 0 unspecified atom stereocenters. The lowest BCUT2D eigenvalue weighted by atomic mass is 10.2. The van der Waals surface area contributed by atoms with Crippen LogP contribution in [-0.2, 0) is 15.7 Å². The minimum absolute atomic E-state index is 0.0505. The van der Waals surface area contributed by atoms with Crippen molar-refractivity contribution in [3.63, 3.8) is 0 Å². The summed E-state index contributed by atoms with van der Waals surface area (Å²) < 4.78 is 37.2. The molecule has 10 heteroatoms. The second-order valence-electron chi connectivity index (χ2n) is 4.95. The summed E-state index contributed by atoms with van der Waals surface area (Å²) in [5, 5.41) is 5.70. The van der Waals surface area contributed by atoms with Crippen molar-refractivity contribution in [2.45, 2.75) is 12.8 Å². The van der Waals surface area contributed by atoms with Crippen LogP contribution < -0.4 is 5.32 Å². The van der Waals surface area contributed by atoms with Gasteiger partial charge in [-0.3, -0.25) is 4.79 Å². The molecule has 1 aromatic carbocycles. The zero-order chi connectivity index (χ0) is 17.4. The Morgan fingerprint density at radius 3 is 2.61 bits per heavy atom. The van der Waals surface area contributed by atoms with Gasteiger partial charge in [0.25, 0.3) is 5.91 Å². The summed E-state index contributed by atoms with van der Waals surface area (Å²) in [6.45, 7) is 1.71. The van der Waals surface area contributed by atoms with Crippen LogP contribution in [0.1, 0.15) is 16.1 Å². The Hall–Kier alpha value is -1.64. The first-order valence-corrected chi connectivity index (χ1v) is 9.07. The van der Waals surface area contributed by atoms with Crippen molar-refractivity contribution in [2.24, 2.45) is 0 Å². The number of rotatable bonds is 4. The van der Waals surface area contributed by atoms with Crippen LogP contribution in [0.4, 0.5) is 10.1 Å². The fourth-order valence-electron chi connectivity index (χ4n) is 1.78. The number of benzene rings is 1. The molecule has 1 heterocycles. The number of aromatic nitrogens is 2. The number of sulfone groups is 1. The lowest BCUT2D eigenvalue weighted by Gasteiger charge is -2.05. The molecule has 2 aromatic rings. The molecule has 1 amide bonds. The predicted molar refractivity (Wildman–Crippen MR) is 86.2 cm³/mol. The number of aryl methyl sites for hydroxylation is 1. The highest BCUT2D eigenvalue weighted by Gasteiger charge is 2.23. The summed E-state index contributed by atoms with van der Waals surface area (Å²) in [7, 11) is -3.43. The molecule has 0 aliphatic rings. The van der Waals surface area contributed by atoms with Crippen LogP contribution in [0, 0.1) is 12.7 Å². The standard InChI is InChI=1S/C13H12Cl2FN3O3S/c1-7-3-4-9(8(16)5-7)17-13(20)11-10(14)12(15)19(18-11)6-23(2,21)22/h3-5H,6H2,1-2H3,(H,17,20). The Morgan fingerprint density at radius 2 is 2.04 bits per heavy atom. The van der Waals surface area contributed by atoms with Crippen molar-refractivity contribution in [1.82, 2.24) is 9.78 Å². The SMILES string of the molecule is Cc1ccc(NC(=O)c2nn(CS(C)(=O)=O)c(Cl)c2Cl)c(F)c1. The molecule has 0 saturated carbocycles. The molecular weight excluding hydrogens is 368 g/mol. The molecule has 0 radical (unpaired) electrons. The van der Waals surface area contributed by atoms with E-state index in [9.17, 15) is 17.6 Å². The molecule has 1 aromatic heterocycles. The highest BCUT2D eigenvalue weighted by Crippen LogP contribution is 2.27. The zero-order valence-electron chi connectivity index (χ0n) is 12.1. The molecule has 0 saturated heterocycles. The van der Waals surface area contributed by atoms with Gasteiger partial charge in [-0.15, -0.1) is 0 Å². The highest BCUT2D eigenvalue weighted by molar-refractivity contribution is 7.89. The van der Waals surface area contributed by atoms with Crippen LogP contribution in [0.3, 0.4) is 0 Å². The number of halogens is 3. The number of nitrogens with one attached hydrogen (secondary N) is 1. The monoisotopic (exact) mass is 379 g/mol. The summed E-state index contributed by atoms with van der Waals surface area (Å²) in [6.07, 6.45) is 0.986. The Morgan fingerprint density at radius 1 is 1.39 bits per heavy atom. The van der Waals surface area contributed by atoms with Crippen LogP contribution in [0.5, 0.6) is 0 Å². The van der Waals surface area contributed by atoms with Gasteiger partial charge in [-0.1, -0.05) is 29.3 Å². The number of amides is 1. The number of nitrogens with zero attached hydrogens (tertiary/aromatic N) is 2. The maximum Gasteiger partial charge on any atom is 0.277 e. The van der Waals surface area contributed by atoms with Crippen LogP contribution in [0.2, 0.25) is 10.2 Å². The molecule has 0 atom stereocenters. The van der Waals surface area contributed by atoms with Crippen molar-refractivity contribution >= 4 is 44.6 Å². The Bertz CT molecular complexity index is 881. The maximum absolute atomic E-state index is 13.8. The van der Waals surface area contributed by atoms with Gasteiger partial charge in [0.1, 0.15) is 21.9 Å². The van der Waals surface area contributed by atoms with E-state index < -0.39 is 27.4 Å². The van der Waals surface area contributed by atoms with E-state index in [2.05, 4.69) is 10.4 Å². The number of hydrogen-bond acceptors (Lipinski definition) is 4. The highest BCUT2D eigenvalue weighted by atomic mass is 35.5. The third-order valence-corrected chi connectivity index (χ3v) is 4.33. The summed E-state index contributed by atoms with van der Waals surface area (Å²) in [5.74, 6) is -1.94. The topological polar surface area (TPSA) is 81.1 Å². The van der Waals surface area contributed by atoms with E-state index in [0.29, 0.717) is 5.56 Å². The number of carbonyl (C=O) groups excluding carboxylic acids is 1. The molecule has 0 bridgehead atoms. The molecule has 1 N–H and O–H groups in total. The number of carbonyl (C=O) groups is 1. The van der Waals surface area contributed by atoms with Gasteiger partial charge in [0.05, 0.1) is 5.69 Å². The van der Waals surface area contributed by atoms with Gasteiger partial charge in [0, 0.05) is 6.26 Å². The van der Waals surface area contributed by atoms with Gasteiger partial charge in [-0.25, -0.2) is 17.5 Å². The number of hydrogen-bond donors (Lipinski definition) is 1. The molecule has 0 aliphatic carbocycles. The van der Waals surface area contributed by atoms with Gasteiger partial charge in [-0.2, -0.15) is 5.10 Å². The van der Waals surface area contributed by atoms with E-state index in [-0.39, 0.29) is 21.6 Å². The Labute approximate surface area is 142 Å². The first-order chi connectivity index (χ1) is 10.6. The third-order valence-electron chi connectivity index (χ3n) is 2.78. The van der Waals surface area contributed by atoms with E-state index in [1.807, 2.05) is 0 Å². The lowest BCUT2D eigenvalue weighted by molar-refractivity contribution is 0.102. The molecule has 124 valence electrons. The van der Waals surface area contributed by atoms with Crippen molar-refractivity contribution in [2.75, 3.05) is 11.6 Å². The van der Waals surface area contributed by atoms with E-state index in [1.54, 1.807) is 13.0 Å². The van der Waals surface area contributed by atoms with Gasteiger partial charge in [0.15, 0.2) is 15.5 Å². The Kier molecular flexibility index (Phi) is 4.98. The zero-order valence-corrected chi connectivity index (χ0v) is 14.4. The molecule has 6 nitrogen and oxygen atoms in total. The molecule has 2 rings (SSSR count). The van der Waals surface area contributed by atoms with Gasteiger partial charge in [0.2, 0.25) is 0 Å². The largest absolute Gasteiger partial charge is 0.318 e. The van der Waals surface area contributed by atoms with E-state index in [4.69, 9.17) is 23.2 Å². The van der Waals surface area contributed by atoms with Gasteiger partial charge >= 0.3 is 0 Å². The average Bonchev–Trinajstić information content (AvgIpc) is 2.68. The van der Waals surface area contributed by atoms with Crippen molar-refractivity contribution in [1.29, 1.82) is 0 Å². The van der Waals surface area contributed by atoms with Crippen molar-refractivity contribution < 1.29 is 17.6 Å². The van der Waals surface area contributed by atoms with Crippen molar-refractivity contribution in [3.05, 3.63) is 45.4 Å². The third kappa shape index (κ3) is 4.21. The normalized spacial score (nSPS) is 11.5. The summed E-state index contributed by atoms with van der Waals surface area (Å²) >= 11 is 11.8. The minimum atomic E-state index is -3.43. The van der Waals surface area contributed by atoms with Gasteiger partial charge < -0.3 is 5.32 Å². The molecule has 0 fully saturated rings. The fraction of sp³-hybridized carbons (Fsp3) is 0.231. The second-order valence-corrected chi connectivity index (χ2v) is 7.79. The van der Waals surface area contributed by atoms with E-state index in [0.717, 1.165) is 10.9 Å². The van der Waals surface area contributed by atoms with Crippen LogP contribution in [0.25, 0.3) is 0 Å². The summed E-state index contributed by atoms with van der Waals surface area (Å²) in [4.78, 5) is 12.2. The molecule has 23 heavy (non-hydrogen) atoms. The summed E-state index contributed by atoms with van der Waals surface area (Å²) in [6, 6.07) is 4.27. The Balaban J connectivity index is 2.31. The van der Waals surface area contributed by atoms with E-state index in [1.165, 1.54) is 12.1 Å². The average molecular weight is 380 g/mol. The smallest absolute Gasteiger partial charge is 0.277 e. The van der Waals surface area contributed by atoms with Crippen LogP contribution in [0.15, 0.2) is 18.2 Å². The molecule has 0 spiro atoms. The first-order valence-electron chi connectivity index (χ1n) is 6.25. The fourth-order valence-corrected chi connectivity index (χ4v) is 2.89.